The van der Waals surface area contributed by atoms with Gasteiger partial charge in [-0.15, -0.1) is 11.3 Å². The van der Waals surface area contributed by atoms with Crippen molar-refractivity contribution < 1.29 is 14.6 Å². The first-order valence-corrected chi connectivity index (χ1v) is 7.34. The van der Waals surface area contributed by atoms with E-state index in [4.69, 9.17) is 4.74 Å². The van der Waals surface area contributed by atoms with E-state index < -0.39 is 11.6 Å². The van der Waals surface area contributed by atoms with Gasteiger partial charge in [0, 0.05) is 9.58 Å². The molecule has 3 rings (SSSR count). The number of carbonyl (C=O) groups is 1. The summed E-state index contributed by atoms with van der Waals surface area (Å²) in [6, 6.07) is 8.28. The first-order valence-electron chi connectivity index (χ1n) is 6.53. The van der Waals surface area contributed by atoms with Gasteiger partial charge in [0.15, 0.2) is 0 Å². The Kier molecular flexibility index (Phi) is 3.07. The summed E-state index contributed by atoms with van der Waals surface area (Å²) in [6.07, 6.45) is 1.61. The topological polar surface area (TPSA) is 46.5 Å². The molecule has 0 aliphatic carbocycles. The highest BCUT2D eigenvalue weighted by Crippen LogP contribution is 2.46. The number of aliphatic carboxylic acids is 1. The third kappa shape index (κ3) is 1.95. The maximum Gasteiger partial charge on any atom is 0.306 e. The maximum atomic E-state index is 11.2. The highest BCUT2D eigenvalue weighted by atomic mass is 32.1. The highest BCUT2D eigenvalue weighted by molar-refractivity contribution is 7.19. The molecule has 1 unspecified atom stereocenters. The van der Waals surface area contributed by atoms with Gasteiger partial charge in [0.25, 0.3) is 0 Å². The predicted molar refractivity (Wildman–Crippen MR) is 75.7 cm³/mol. The minimum atomic E-state index is -0.799. The Morgan fingerprint density at radius 3 is 3.00 bits per heavy atom. The van der Waals surface area contributed by atoms with Gasteiger partial charge in [-0.3, -0.25) is 4.79 Å². The molecule has 2 heterocycles. The zero-order valence-electron chi connectivity index (χ0n) is 10.8. The molecular weight excluding hydrogens is 260 g/mol. The molecule has 1 N–H and O–H groups in total. The molecular formula is C15H16O3S. The van der Waals surface area contributed by atoms with Crippen molar-refractivity contribution in [1.29, 1.82) is 0 Å². The van der Waals surface area contributed by atoms with Crippen LogP contribution in [-0.2, 0) is 21.6 Å². The number of fused-ring (bicyclic) bond motifs is 3. The number of ether oxygens (including phenoxy) is 1. The lowest BCUT2D eigenvalue weighted by Crippen LogP contribution is -2.36. The summed E-state index contributed by atoms with van der Waals surface area (Å²) in [6.45, 7) is 2.61. The van der Waals surface area contributed by atoms with E-state index in [0.717, 1.165) is 11.3 Å². The zero-order chi connectivity index (χ0) is 13.5. The van der Waals surface area contributed by atoms with Gasteiger partial charge in [0.1, 0.15) is 5.60 Å². The lowest BCUT2D eigenvalue weighted by Gasteiger charge is -2.35. The summed E-state index contributed by atoms with van der Waals surface area (Å²) in [7, 11) is 0. The molecule has 19 heavy (non-hydrogen) atoms. The minimum Gasteiger partial charge on any atom is -0.481 e. The molecule has 0 amide bonds. The van der Waals surface area contributed by atoms with Crippen molar-refractivity contribution in [1.82, 2.24) is 0 Å². The van der Waals surface area contributed by atoms with Gasteiger partial charge >= 0.3 is 5.97 Å². The number of hydrogen-bond donors (Lipinski definition) is 1. The quantitative estimate of drug-likeness (QED) is 0.932. The molecule has 0 saturated carbocycles. The molecule has 1 aliphatic heterocycles. The van der Waals surface area contributed by atoms with Crippen molar-refractivity contribution in [3.8, 4) is 0 Å². The normalized spacial score (nSPS) is 22.4. The van der Waals surface area contributed by atoms with Crippen LogP contribution in [0.25, 0.3) is 10.1 Å². The Morgan fingerprint density at radius 2 is 2.26 bits per heavy atom. The monoisotopic (exact) mass is 276 g/mol. The Morgan fingerprint density at radius 1 is 1.47 bits per heavy atom. The fourth-order valence-electron chi connectivity index (χ4n) is 2.89. The van der Waals surface area contributed by atoms with Crippen molar-refractivity contribution in [3.05, 3.63) is 34.7 Å². The van der Waals surface area contributed by atoms with Crippen LogP contribution in [0.15, 0.2) is 24.3 Å². The molecule has 100 valence electrons. The van der Waals surface area contributed by atoms with Crippen LogP contribution in [0.5, 0.6) is 0 Å². The first-order chi connectivity index (χ1) is 9.16. The van der Waals surface area contributed by atoms with E-state index in [-0.39, 0.29) is 6.42 Å². The lowest BCUT2D eigenvalue weighted by atomic mass is 9.87. The average molecular weight is 276 g/mol. The number of benzene rings is 1. The average Bonchev–Trinajstić information content (AvgIpc) is 2.78. The fraction of sp³-hybridized carbons (Fsp3) is 0.400. The molecule has 1 aromatic heterocycles. The van der Waals surface area contributed by atoms with E-state index in [1.807, 2.05) is 19.1 Å². The van der Waals surface area contributed by atoms with Crippen LogP contribution in [0.4, 0.5) is 0 Å². The van der Waals surface area contributed by atoms with E-state index in [2.05, 4.69) is 12.1 Å². The second-order valence-corrected chi connectivity index (χ2v) is 5.97. The van der Waals surface area contributed by atoms with Gasteiger partial charge in [-0.1, -0.05) is 25.1 Å². The lowest BCUT2D eigenvalue weighted by molar-refractivity contribution is -0.147. The second kappa shape index (κ2) is 4.62. The third-order valence-corrected chi connectivity index (χ3v) is 5.25. The first kappa shape index (κ1) is 12.6. The summed E-state index contributed by atoms with van der Waals surface area (Å²) in [5.74, 6) is -0.799. The van der Waals surface area contributed by atoms with Gasteiger partial charge in [-0.2, -0.15) is 0 Å². The van der Waals surface area contributed by atoms with E-state index in [9.17, 15) is 9.90 Å². The van der Waals surface area contributed by atoms with E-state index in [1.54, 1.807) is 11.3 Å². The zero-order valence-corrected chi connectivity index (χ0v) is 11.6. The molecule has 2 aromatic rings. The number of carboxylic acids is 1. The largest absolute Gasteiger partial charge is 0.481 e. The van der Waals surface area contributed by atoms with Gasteiger partial charge in [0.2, 0.25) is 0 Å². The number of carboxylic acid groups (broad SMARTS) is 1. The van der Waals surface area contributed by atoms with Crippen LogP contribution >= 0.6 is 11.3 Å². The van der Waals surface area contributed by atoms with Gasteiger partial charge in [0.05, 0.1) is 13.0 Å². The van der Waals surface area contributed by atoms with E-state index in [0.29, 0.717) is 13.0 Å². The van der Waals surface area contributed by atoms with Gasteiger partial charge in [-0.05, 0) is 29.9 Å². The molecule has 1 aromatic carbocycles. The summed E-state index contributed by atoms with van der Waals surface area (Å²) in [5, 5.41) is 10.4. The summed E-state index contributed by atoms with van der Waals surface area (Å²) >= 11 is 1.68. The summed E-state index contributed by atoms with van der Waals surface area (Å²) < 4.78 is 7.13. The van der Waals surface area contributed by atoms with Crippen molar-refractivity contribution in [3.63, 3.8) is 0 Å². The van der Waals surface area contributed by atoms with Crippen LogP contribution in [0.3, 0.4) is 0 Å². The van der Waals surface area contributed by atoms with Crippen molar-refractivity contribution in [2.75, 3.05) is 6.61 Å². The standard InChI is InChI=1S/C15H16O3S/c1-2-15(9-13(16)17)14-11(7-8-18-15)10-5-3-4-6-12(10)19-14/h3-6H,2,7-9H2,1H3,(H,16,17). The fourth-order valence-corrected chi connectivity index (χ4v) is 4.36. The molecule has 0 bridgehead atoms. The van der Waals surface area contributed by atoms with Crippen LogP contribution < -0.4 is 0 Å². The SMILES string of the molecule is CCC1(CC(=O)O)OCCc2c1sc1ccccc21. The van der Waals surface area contributed by atoms with Gasteiger partial charge in [-0.25, -0.2) is 0 Å². The number of rotatable bonds is 3. The molecule has 0 spiro atoms. The van der Waals surface area contributed by atoms with Crippen LogP contribution in [-0.4, -0.2) is 17.7 Å². The molecule has 1 atom stereocenters. The third-order valence-electron chi connectivity index (χ3n) is 3.85. The van der Waals surface area contributed by atoms with Crippen LogP contribution in [0, 0.1) is 0 Å². The predicted octanol–water partition coefficient (Wildman–Crippen LogP) is 3.55. The molecule has 4 heteroatoms. The second-order valence-electron chi connectivity index (χ2n) is 4.92. The molecule has 0 saturated heterocycles. The smallest absolute Gasteiger partial charge is 0.306 e. The Labute approximate surface area is 115 Å². The molecule has 0 radical (unpaired) electrons. The number of hydrogen-bond acceptors (Lipinski definition) is 3. The van der Waals surface area contributed by atoms with Crippen molar-refractivity contribution in [2.45, 2.75) is 31.8 Å². The molecule has 3 nitrogen and oxygen atoms in total. The Balaban J connectivity index is 2.20. The van der Waals surface area contributed by atoms with Crippen LogP contribution in [0.1, 0.15) is 30.2 Å². The number of thiophene rings is 1. The van der Waals surface area contributed by atoms with E-state index in [1.165, 1.54) is 15.6 Å². The van der Waals surface area contributed by atoms with Crippen LogP contribution in [0.2, 0.25) is 0 Å². The highest BCUT2D eigenvalue weighted by Gasteiger charge is 2.40. The Bertz CT molecular complexity index is 631. The maximum absolute atomic E-state index is 11.2. The van der Waals surface area contributed by atoms with Crippen molar-refractivity contribution in [2.24, 2.45) is 0 Å². The van der Waals surface area contributed by atoms with Crippen molar-refractivity contribution >= 4 is 27.4 Å². The summed E-state index contributed by atoms with van der Waals surface area (Å²) in [4.78, 5) is 12.3. The minimum absolute atomic E-state index is 0.0450. The van der Waals surface area contributed by atoms with E-state index >= 15 is 0 Å². The van der Waals surface area contributed by atoms with Gasteiger partial charge < -0.3 is 9.84 Å². The molecule has 0 fully saturated rings. The molecule has 1 aliphatic rings. The summed E-state index contributed by atoms with van der Waals surface area (Å²) in [5.41, 5.74) is 0.651. The Hall–Kier alpha value is -1.39.